The van der Waals surface area contributed by atoms with Crippen LogP contribution in [0.5, 0.6) is 0 Å². The quantitative estimate of drug-likeness (QED) is 0.432. The standard InChI is InChI=1S/C23H34O2S2/c1-18-15-22(26-17-18)21-13-12-20(19(2)16-21)11-9-7-6-8-10-14-27(24,25)23(3,4)5/h12-13,15-17H,6-11,14H2,1-5H3. The lowest BCUT2D eigenvalue weighted by atomic mass is 9.99. The van der Waals surface area contributed by atoms with Crippen LogP contribution in [0.4, 0.5) is 0 Å². The molecule has 0 aliphatic heterocycles. The topological polar surface area (TPSA) is 34.1 Å². The van der Waals surface area contributed by atoms with E-state index in [4.69, 9.17) is 0 Å². The van der Waals surface area contributed by atoms with Crippen LogP contribution >= 0.6 is 11.3 Å². The van der Waals surface area contributed by atoms with E-state index in [0.29, 0.717) is 5.75 Å². The Bertz CT molecular complexity index is 840. The van der Waals surface area contributed by atoms with Gasteiger partial charge in [0.15, 0.2) is 9.84 Å². The maximum Gasteiger partial charge on any atom is 0.155 e. The van der Waals surface area contributed by atoms with Gasteiger partial charge < -0.3 is 0 Å². The zero-order valence-corrected chi connectivity index (χ0v) is 19.1. The van der Waals surface area contributed by atoms with Gasteiger partial charge in [0.05, 0.1) is 10.5 Å². The molecular formula is C23H34O2S2. The highest BCUT2D eigenvalue weighted by molar-refractivity contribution is 7.92. The molecule has 150 valence electrons. The molecule has 4 heteroatoms. The smallest absolute Gasteiger partial charge is 0.155 e. The molecule has 0 fully saturated rings. The fourth-order valence-electron chi connectivity index (χ4n) is 3.16. The second kappa shape index (κ2) is 9.38. The number of hydrogen-bond acceptors (Lipinski definition) is 3. The summed E-state index contributed by atoms with van der Waals surface area (Å²) in [6.07, 6.45) is 6.35. The van der Waals surface area contributed by atoms with Crippen molar-refractivity contribution in [1.82, 2.24) is 0 Å². The first-order valence-electron chi connectivity index (χ1n) is 9.97. The monoisotopic (exact) mass is 406 g/mol. The third kappa shape index (κ3) is 6.46. The average Bonchev–Trinajstić information content (AvgIpc) is 3.00. The lowest BCUT2D eigenvalue weighted by Crippen LogP contribution is -2.30. The van der Waals surface area contributed by atoms with E-state index in [9.17, 15) is 8.42 Å². The molecule has 1 aromatic heterocycles. The molecule has 2 aromatic rings. The zero-order valence-electron chi connectivity index (χ0n) is 17.5. The maximum absolute atomic E-state index is 12.1. The van der Waals surface area contributed by atoms with Crippen molar-refractivity contribution >= 4 is 21.2 Å². The first-order chi connectivity index (χ1) is 12.6. The number of aryl methyl sites for hydroxylation is 3. The number of unbranched alkanes of at least 4 members (excludes halogenated alkanes) is 4. The number of thiophene rings is 1. The van der Waals surface area contributed by atoms with Gasteiger partial charge in [-0.1, -0.05) is 37.5 Å². The van der Waals surface area contributed by atoms with Gasteiger partial charge in [0.2, 0.25) is 0 Å². The van der Waals surface area contributed by atoms with E-state index in [1.54, 1.807) is 32.1 Å². The maximum atomic E-state index is 12.1. The molecule has 27 heavy (non-hydrogen) atoms. The first-order valence-corrected chi connectivity index (χ1v) is 12.5. The van der Waals surface area contributed by atoms with E-state index in [1.165, 1.54) is 40.0 Å². The summed E-state index contributed by atoms with van der Waals surface area (Å²) in [5, 5.41) is 2.20. The average molecular weight is 407 g/mol. The van der Waals surface area contributed by atoms with E-state index < -0.39 is 14.6 Å². The van der Waals surface area contributed by atoms with Crippen LogP contribution in [0.2, 0.25) is 0 Å². The third-order valence-electron chi connectivity index (χ3n) is 5.15. The van der Waals surface area contributed by atoms with Crippen LogP contribution in [-0.4, -0.2) is 18.9 Å². The molecule has 0 aliphatic carbocycles. The van der Waals surface area contributed by atoms with Crippen LogP contribution in [0, 0.1) is 13.8 Å². The van der Waals surface area contributed by atoms with Crippen molar-refractivity contribution < 1.29 is 8.42 Å². The zero-order chi connectivity index (χ0) is 20.1. The van der Waals surface area contributed by atoms with Crippen LogP contribution in [-0.2, 0) is 16.3 Å². The van der Waals surface area contributed by atoms with Crippen LogP contribution in [0.15, 0.2) is 29.6 Å². The molecule has 0 spiro atoms. The van der Waals surface area contributed by atoms with Gasteiger partial charge >= 0.3 is 0 Å². The molecular weight excluding hydrogens is 372 g/mol. The van der Waals surface area contributed by atoms with E-state index in [-0.39, 0.29) is 0 Å². The summed E-state index contributed by atoms with van der Waals surface area (Å²) in [6, 6.07) is 9.07. The Hall–Kier alpha value is -1.13. The van der Waals surface area contributed by atoms with Crippen molar-refractivity contribution in [3.63, 3.8) is 0 Å². The Labute approximate surface area is 169 Å². The molecule has 0 N–H and O–H groups in total. The molecule has 1 heterocycles. The van der Waals surface area contributed by atoms with E-state index in [0.717, 1.165) is 25.7 Å². The Morgan fingerprint density at radius 3 is 2.19 bits per heavy atom. The van der Waals surface area contributed by atoms with Gasteiger partial charge in [0, 0.05) is 4.88 Å². The van der Waals surface area contributed by atoms with Crippen LogP contribution < -0.4 is 0 Å². The number of hydrogen-bond donors (Lipinski definition) is 0. The minimum absolute atomic E-state index is 0.319. The van der Waals surface area contributed by atoms with Crippen molar-refractivity contribution in [2.45, 2.75) is 77.9 Å². The molecule has 0 bridgehead atoms. The Balaban J connectivity index is 1.72. The fourth-order valence-corrected chi connectivity index (χ4v) is 5.25. The molecule has 0 unspecified atom stereocenters. The fraction of sp³-hybridized carbons (Fsp3) is 0.565. The lowest BCUT2D eigenvalue weighted by molar-refractivity contribution is 0.552. The summed E-state index contributed by atoms with van der Waals surface area (Å²) < 4.78 is 23.6. The molecule has 2 rings (SSSR count). The molecule has 0 saturated heterocycles. The van der Waals surface area contributed by atoms with Crippen LogP contribution in [0.25, 0.3) is 10.4 Å². The summed E-state index contributed by atoms with van der Waals surface area (Å²) in [6.45, 7) is 9.71. The second-order valence-electron chi connectivity index (χ2n) is 8.58. The van der Waals surface area contributed by atoms with Gasteiger partial charge in [-0.3, -0.25) is 0 Å². The Morgan fingerprint density at radius 1 is 0.926 bits per heavy atom. The van der Waals surface area contributed by atoms with Gasteiger partial charge in [0.1, 0.15) is 0 Å². The van der Waals surface area contributed by atoms with Crippen molar-refractivity contribution in [3.05, 3.63) is 46.3 Å². The Kier molecular flexibility index (Phi) is 7.70. The predicted molar refractivity (Wildman–Crippen MR) is 120 cm³/mol. The van der Waals surface area contributed by atoms with E-state index in [1.807, 2.05) is 0 Å². The molecule has 0 saturated carbocycles. The highest BCUT2D eigenvalue weighted by Crippen LogP contribution is 2.29. The number of rotatable bonds is 9. The number of sulfone groups is 1. The molecule has 0 atom stereocenters. The number of benzene rings is 1. The van der Waals surface area contributed by atoms with Crippen molar-refractivity contribution in [2.24, 2.45) is 0 Å². The predicted octanol–water partition coefficient (Wildman–Crippen LogP) is 6.74. The largest absolute Gasteiger partial charge is 0.228 e. The highest BCUT2D eigenvalue weighted by Gasteiger charge is 2.27. The van der Waals surface area contributed by atoms with Gasteiger partial charge in [-0.05, 0) is 87.6 Å². The molecule has 2 nitrogen and oxygen atoms in total. The summed E-state index contributed by atoms with van der Waals surface area (Å²) in [5.41, 5.74) is 5.44. The molecule has 0 radical (unpaired) electrons. The van der Waals surface area contributed by atoms with Crippen molar-refractivity contribution in [3.8, 4) is 10.4 Å². The summed E-state index contributed by atoms with van der Waals surface area (Å²) >= 11 is 1.81. The summed E-state index contributed by atoms with van der Waals surface area (Å²) in [5.74, 6) is 0.319. The second-order valence-corrected chi connectivity index (χ2v) is 12.4. The summed E-state index contributed by atoms with van der Waals surface area (Å²) in [4.78, 5) is 1.34. The van der Waals surface area contributed by atoms with Gasteiger partial charge in [-0.25, -0.2) is 8.42 Å². The molecule has 0 amide bonds. The highest BCUT2D eigenvalue weighted by atomic mass is 32.2. The van der Waals surface area contributed by atoms with E-state index in [2.05, 4.69) is 43.5 Å². The molecule has 1 aromatic carbocycles. The normalized spacial score (nSPS) is 12.5. The van der Waals surface area contributed by atoms with Gasteiger partial charge in [0.25, 0.3) is 0 Å². The minimum atomic E-state index is -2.96. The third-order valence-corrected chi connectivity index (χ3v) is 8.94. The summed E-state index contributed by atoms with van der Waals surface area (Å²) in [7, 11) is -2.96. The van der Waals surface area contributed by atoms with Gasteiger partial charge in [-0.2, -0.15) is 0 Å². The van der Waals surface area contributed by atoms with Crippen LogP contribution in [0.3, 0.4) is 0 Å². The first kappa shape index (κ1) is 22.2. The molecule has 0 aliphatic rings. The van der Waals surface area contributed by atoms with Crippen molar-refractivity contribution in [2.75, 3.05) is 5.75 Å². The van der Waals surface area contributed by atoms with Crippen molar-refractivity contribution in [1.29, 1.82) is 0 Å². The Morgan fingerprint density at radius 2 is 1.59 bits per heavy atom. The van der Waals surface area contributed by atoms with Crippen LogP contribution in [0.1, 0.15) is 69.6 Å². The SMILES string of the molecule is Cc1csc(-c2ccc(CCCCCCCS(=O)(=O)C(C)(C)C)c(C)c2)c1. The van der Waals surface area contributed by atoms with Gasteiger partial charge in [-0.15, -0.1) is 11.3 Å². The lowest BCUT2D eigenvalue weighted by Gasteiger charge is -2.18. The minimum Gasteiger partial charge on any atom is -0.228 e. The van der Waals surface area contributed by atoms with E-state index >= 15 is 0 Å².